The molecule has 0 aromatic carbocycles. The Bertz CT molecular complexity index is 1150. The molecule has 16 atom stereocenters. The Hall–Kier alpha value is -1.31. The summed E-state index contributed by atoms with van der Waals surface area (Å²) in [6.07, 6.45) is -1.60. The number of methoxy groups -OCH3 is 1. The van der Waals surface area contributed by atoms with Crippen LogP contribution < -0.4 is 0 Å². The van der Waals surface area contributed by atoms with Gasteiger partial charge in [-0.05, 0) is 73.5 Å². The number of hydrogen-bond acceptors (Lipinski definition) is 11. The molecule has 4 rings (SSSR count). The molecule has 1 radical (unpaired) electrons. The Kier molecular flexibility index (Phi) is 13.3. The van der Waals surface area contributed by atoms with Crippen LogP contribution in [0.25, 0.3) is 0 Å². The largest absolute Gasteiger partial charge is 0.489 e. The normalized spacial score (nSPS) is 47.2. The molecule has 2 unspecified atom stereocenters. The van der Waals surface area contributed by atoms with Gasteiger partial charge in [-0.3, -0.25) is 4.79 Å². The summed E-state index contributed by atoms with van der Waals surface area (Å²) in [5.41, 5.74) is -0.505. The van der Waals surface area contributed by atoms with Crippen molar-refractivity contribution in [2.75, 3.05) is 20.7 Å². The van der Waals surface area contributed by atoms with Crippen molar-refractivity contribution < 1.29 is 48.2 Å². The van der Waals surface area contributed by atoms with Crippen molar-refractivity contribution in [1.29, 1.82) is 0 Å². The quantitative estimate of drug-likeness (QED) is 0.333. The van der Waals surface area contributed by atoms with Crippen molar-refractivity contribution in [1.82, 2.24) is 4.90 Å². The molecule has 4 heterocycles. The second-order valence-corrected chi connectivity index (χ2v) is 15.9. The average molecular weight is 697 g/mol. The van der Waals surface area contributed by atoms with Crippen molar-refractivity contribution in [2.24, 2.45) is 23.7 Å². The molecule has 4 aliphatic rings. The van der Waals surface area contributed by atoms with Crippen LogP contribution in [0.15, 0.2) is 11.3 Å². The maximum atomic E-state index is 14.1. The summed E-state index contributed by atoms with van der Waals surface area (Å²) in [6, 6.07) is -0.166. The molecule has 4 aliphatic heterocycles. The van der Waals surface area contributed by atoms with Crippen LogP contribution in [-0.4, -0.2) is 114 Å². The number of esters is 1. The molecular weight excluding hydrogens is 630 g/mol. The molecule has 3 saturated heterocycles. The lowest BCUT2D eigenvalue weighted by atomic mass is 9.79. The Morgan fingerprint density at radius 2 is 1.65 bits per heavy atom. The van der Waals surface area contributed by atoms with Crippen LogP contribution in [-0.2, 0) is 38.0 Å². The van der Waals surface area contributed by atoms with Crippen molar-refractivity contribution in [2.45, 2.75) is 174 Å². The van der Waals surface area contributed by atoms with E-state index in [1.807, 2.05) is 82.7 Å². The lowest BCUT2D eigenvalue weighted by Crippen LogP contribution is -2.59. The van der Waals surface area contributed by atoms with Gasteiger partial charge >= 0.3 is 5.97 Å². The van der Waals surface area contributed by atoms with Gasteiger partial charge in [-0.2, -0.15) is 0 Å². The first-order valence-corrected chi connectivity index (χ1v) is 18.6. The minimum absolute atomic E-state index is 0.158. The van der Waals surface area contributed by atoms with Gasteiger partial charge in [0, 0.05) is 50.2 Å². The van der Waals surface area contributed by atoms with E-state index < -0.39 is 72.1 Å². The van der Waals surface area contributed by atoms with Crippen LogP contribution in [0.1, 0.15) is 102 Å². The first-order valence-electron chi connectivity index (χ1n) is 18.6. The minimum Gasteiger partial charge on any atom is -0.489 e. The van der Waals surface area contributed by atoms with Gasteiger partial charge in [0.2, 0.25) is 0 Å². The molecule has 283 valence electrons. The zero-order valence-corrected chi connectivity index (χ0v) is 32.3. The van der Waals surface area contributed by atoms with E-state index in [9.17, 15) is 15.0 Å². The van der Waals surface area contributed by atoms with Crippen molar-refractivity contribution in [3.05, 3.63) is 17.8 Å². The number of ether oxygens (including phenoxy) is 7. The second-order valence-electron chi connectivity index (χ2n) is 15.9. The summed E-state index contributed by atoms with van der Waals surface area (Å²) in [7, 11) is 3.67. The molecule has 49 heavy (non-hydrogen) atoms. The number of carbonyl (C=O) groups excluding carboxylic acids is 1. The van der Waals surface area contributed by atoms with Crippen LogP contribution in [0, 0.1) is 30.1 Å². The maximum Gasteiger partial charge on any atom is 0.311 e. The minimum atomic E-state index is -0.955. The molecule has 3 fully saturated rings. The number of hydrogen-bond donors (Lipinski definition) is 2. The van der Waals surface area contributed by atoms with Gasteiger partial charge in [0.05, 0.1) is 35.9 Å². The van der Waals surface area contributed by atoms with E-state index in [2.05, 4.69) is 11.8 Å². The van der Waals surface area contributed by atoms with E-state index in [0.717, 1.165) is 12.1 Å². The summed E-state index contributed by atoms with van der Waals surface area (Å²) in [5.74, 6) is -1.64. The number of aliphatic hydroxyl groups excluding tert-OH is 2. The highest BCUT2D eigenvalue weighted by molar-refractivity contribution is 5.73. The molecule has 2 N–H and O–H groups in total. The van der Waals surface area contributed by atoms with Gasteiger partial charge in [-0.25, -0.2) is 0 Å². The Balaban J connectivity index is 1.81. The third kappa shape index (κ3) is 8.67. The molecule has 0 aliphatic carbocycles. The summed E-state index contributed by atoms with van der Waals surface area (Å²) in [4.78, 5) is 16.2. The zero-order valence-electron chi connectivity index (χ0n) is 32.3. The summed E-state index contributed by atoms with van der Waals surface area (Å²) >= 11 is 0. The molecule has 0 amide bonds. The zero-order chi connectivity index (χ0) is 36.6. The van der Waals surface area contributed by atoms with E-state index in [1.54, 1.807) is 7.11 Å². The Morgan fingerprint density at radius 3 is 2.27 bits per heavy atom. The highest BCUT2D eigenvalue weighted by Gasteiger charge is 2.54. The predicted octanol–water partition coefficient (Wildman–Crippen LogP) is 5.01. The van der Waals surface area contributed by atoms with Crippen LogP contribution in [0.4, 0.5) is 0 Å². The molecule has 11 nitrogen and oxygen atoms in total. The highest BCUT2D eigenvalue weighted by atomic mass is 16.7. The average Bonchev–Trinajstić information content (AvgIpc) is 3.37. The van der Waals surface area contributed by atoms with Crippen LogP contribution >= 0.6 is 0 Å². The summed E-state index contributed by atoms with van der Waals surface area (Å²) < 4.78 is 45.4. The van der Waals surface area contributed by atoms with E-state index >= 15 is 0 Å². The number of rotatable bonds is 8. The van der Waals surface area contributed by atoms with Gasteiger partial charge in [0.1, 0.15) is 29.7 Å². The fraction of sp³-hybridized carbons (Fsp3) is 0.895. The van der Waals surface area contributed by atoms with Gasteiger partial charge in [-0.15, -0.1) is 0 Å². The van der Waals surface area contributed by atoms with Crippen molar-refractivity contribution in [3.63, 3.8) is 0 Å². The predicted molar refractivity (Wildman–Crippen MR) is 185 cm³/mol. The molecule has 0 saturated carbocycles. The Labute approximate surface area is 295 Å². The van der Waals surface area contributed by atoms with E-state index in [1.165, 1.54) is 0 Å². The summed E-state index contributed by atoms with van der Waals surface area (Å²) in [6.45, 7) is 22.5. The number of carbonyl (C=O) groups is 1. The van der Waals surface area contributed by atoms with Crippen LogP contribution in [0.3, 0.4) is 0 Å². The number of likely N-dealkylation sites (N-methyl/N-ethyl adjacent to an activating group) is 1. The van der Waals surface area contributed by atoms with Gasteiger partial charge in [0.25, 0.3) is 0 Å². The smallest absolute Gasteiger partial charge is 0.311 e. The third-order valence-corrected chi connectivity index (χ3v) is 11.8. The SMILES string of the molecule is CC[C@H]1OC(=O)[C@H](C)[C@@H](OC2C[C@@](C)(OC)[CH][C@H](C)O2)[C@H](C)[C@@H](OC2O[C@H](C)C[C@H](N(C)CC)[C@H]2O)[C@@]2(C)CC(C)=C(O2)[C@H](C)[C@@H](O)[C@H]1C. The number of nitrogens with zero attached hydrogens (tertiary/aromatic N) is 1. The first kappa shape index (κ1) is 40.5. The fourth-order valence-corrected chi connectivity index (χ4v) is 8.69. The first-order chi connectivity index (χ1) is 22.9. The Morgan fingerprint density at radius 1 is 0.980 bits per heavy atom. The van der Waals surface area contributed by atoms with E-state index in [-0.39, 0.29) is 30.1 Å². The van der Waals surface area contributed by atoms with Crippen molar-refractivity contribution >= 4 is 5.97 Å². The molecule has 2 bridgehead atoms. The standard InChI is InChI=1S/C38H66NO10/c1-14-28-23(6)30(40)24(7)32-20(3)17-38(11,49-32)34(48-36-31(41)27(39(12)15-2)16-21(4)45-36)25(8)33(26(9)35(42)46-28)47-29-19-37(10,43-13)18-22(5)44-29/h18,21-31,33-34,36,40-41H,14-17,19H2,1-13H3/t21-,22+,23+,24-,25+,26-,27+,28-,29?,30+,31-,33+,34-,36?,37+,38-/m1/s1. The van der Waals surface area contributed by atoms with Gasteiger partial charge in [-0.1, -0.05) is 34.6 Å². The maximum absolute atomic E-state index is 14.1. The van der Waals surface area contributed by atoms with Crippen LogP contribution in [0.5, 0.6) is 0 Å². The number of cyclic esters (lactones) is 1. The van der Waals surface area contributed by atoms with Crippen LogP contribution in [0.2, 0.25) is 0 Å². The number of aliphatic hydroxyl groups is 2. The molecular formula is C38H66NO10. The molecule has 11 heteroatoms. The third-order valence-electron chi connectivity index (χ3n) is 11.8. The number of fused-ring (bicyclic) bond motifs is 2. The second kappa shape index (κ2) is 16.1. The fourth-order valence-electron chi connectivity index (χ4n) is 8.69. The van der Waals surface area contributed by atoms with Crippen molar-refractivity contribution in [3.8, 4) is 0 Å². The molecule has 0 spiro atoms. The van der Waals surface area contributed by atoms with E-state index in [0.29, 0.717) is 31.4 Å². The van der Waals surface area contributed by atoms with E-state index in [4.69, 9.17) is 33.2 Å². The highest BCUT2D eigenvalue weighted by Crippen LogP contribution is 2.47. The summed E-state index contributed by atoms with van der Waals surface area (Å²) in [5, 5.41) is 23.3. The topological polar surface area (TPSA) is 125 Å². The molecule has 0 aromatic heterocycles. The van der Waals surface area contributed by atoms with Gasteiger partial charge < -0.3 is 48.3 Å². The lowest BCUT2D eigenvalue weighted by molar-refractivity contribution is -0.306. The lowest BCUT2D eigenvalue weighted by Gasteiger charge is -2.48. The monoisotopic (exact) mass is 696 g/mol. The molecule has 0 aromatic rings. The van der Waals surface area contributed by atoms with Gasteiger partial charge in [0.15, 0.2) is 12.6 Å².